The summed E-state index contributed by atoms with van der Waals surface area (Å²) in [6, 6.07) is 6.11. The number of anilines is 1. The number of nitrogens with zero attached hydrogens (tertiary/aromatic N) is 3. The lowest BCUT2D eigenvalue weighted by Gasteiger charge is -2.42. The Morgan fingerprint density at radius 2 is 1.96 bits per heavy atom. The van der Waals surface area contributed by atoms with Crippen molar-refractivity contribution < 1.29 is 0 Å². The Labute approximate surface area is 171 Å². The number of hydrogen-bond donors (Lipinski definition) is 0. The van der Waals surface area contributed by atoms with E-state index in [1.807, 2.05) is 38.2 Å². The van der Waals surface area contributed by atoms with Crippen LogP contribution in [0.5, 0.6) is 0 Å². The molecule has 2 heterocycles. The molecular weight excluding hydrogens is 374 g/mol. The van der Waals surface area contributed by atoms with Gasteiger partial charge in [0.25, 0.3) is 0 Å². The van der Waals surface area contributed by atoms with Crippen LogP contribution in [0.3, 0.4) is 0 Å². The van der Waals surface area contributed by atoms with Gasteiger partial charge in [0.05, 0.1) is 16.9 Å². The second-order valence-electron chi connectivity index (χ2n) is 8.25. The van der Waals surface area contributed by atoms with Crippen LogP contribution >= 0.6 is 23.4 Å². The topological polar surface area (TPSA) is 29.0 Å². The first-order valence-corrected chi connectivity index (χ1v) is 11.2. The molecule has 0 amide bonds. The molecule has 0 unspecified atom stereocenters. The predicted octanol–water partition coefficient (Wildman–Crippen LogP) is 6.30. The third-order valence-electron chi connectivity index (χ3n) is 6.69. The number of piperidine rings is 1. The number of hydrogen-bond acceptors (Lipinski definition) is 4. The summed E-state index contributed by atoms with van der Waals surface area (Å²) in [7, 11) is 0. The Morgan fingerprint density at radius 1 is 1.19 bits per heavy atom. The van der Waals surface area contributed by atoms with E-state index < -0.39 is 0 Å². The van der Waals surface area contributed by atoms with Gasteiger partial charge >= 0.3 is 0 Å². The van der Waals surface area contributed by atoms with Crippen LogP contribution < -0.4 is 4.90 Å². The molecule has 1 aliphatic carbocycles. The molecule has 1 aromatic heterocycles. The smallest absolute Gasteiger partial charge is 0.147 e. The lowest BCUT2D eigenvalue weighted by atomic mass is 9.71. The minimum atomic E-state index is 0.594. The number of aromatic nitrogens is 2. The fourth-order valence-corrected chi connectivity index (χ4v) is 5.90. The maximum absolute atomic E-state index is 6.44. The van der Waals surface area contributed by atoms with Crippen LogP contribution in [-0.4, -0.2) is 23.1 Å². The minimum Gasteiger partial charge on any atom is -0.355 e. The third kappa shape index (κ3) is 3.71. The molecule has 1 aromatic carbocycles. The molecule has 4 rings (SSSR count). The van der Waals surface area contributed by atoms with Gasteiger partial charge in [-0.15, -0.1) is 0 Å². The summed E-state index contributed by atoms with van der Waals surface area (Å²) in [5.41, 5.74) is 2.66. The Morgan fingerprint density at radius 3 is 2.63 bits per heavy atom. The highest BCUT2D eigenvalue weighted by Crippen LogP contribution is 2.50. The molecule has 0 N–H and O–H groups in total. The van der Waals surface area contributed by atoms with Crippen molar-refractivity contribution >= 4 is 29.2 Å². The molecule has 144 valence electrons. The summed E-state index contributed by atoms with van der Waals surface area (Å²) in [4.78, 5) is 13.1. The zero-order chi connectivity index (χ0) is 19.0. The van der Waals surface area contributed by atoms with Gasteiger partial charge in [-0.05, 0) is 56.1 Å². The summed E-state index contributed by atoms with van der Waals surface area (Å²) in [5.74, 6) is 1.90. The molecule has 1 atom stereocenters. The largest absolute Gasteiger partial charge is 0.355 e. The monoisotopic (exact) mass is 401 g/mol. The van der Waals surface area contributed by atoms with E-state index >= 15 is 0 Å². The van der Waals surface area contributed by atoms with Crippen LogP contribution in [0.15, 0.2) is 34.3 Å². The molecule has 0 bridgehead atoms. The second-order valence-corrected chi connectivity index (χ2v) is 9.66. The Kier molecular flexibility index (Phi) is 5.39. The van der Waals surface area contributed by atoms with Crippen LogP contribution in [0.2, 0.25) is 5.02 Å². The van der Waals surface area contributed by atoms with E-state index in [1.54, 1.807) is 11.8 Å². The Balaban J connectivity index is 1.47. The molecule has 1 saturated carbocycles. The summed E-state index contributed by atoms with van der Waals surface area (Å²) >= 11 is 8.04. The average molecular weight is 402 g/mol. The number of aryl methyl sites for hydroxylation is 2. The highest BCUT2D eigenvalue weighted by atomic mass is 35.5. The number of rotatable bonds is 3. The van der Waals surface area contributed by atoms with E-state index in [4.69, 9.17) is 21.6 Å². The first-order valence-electron chi connectivity index (χ1n) is 10.00. The van der Waals surface area contributed by atoms with Gasteiger partial charge in [-0.3, -0.25) is 0 Å². The first kappa shape index (κ1) is 19.1. The fourth-order valence-electron chi connectivity index (χ4n) is 4.75. The lowest BCUT2D eigenvalue weighted by Crippen LogP contribution is -2.41. The van der Waals surface area contributed by atoms with Gasteiger partial charge in [0, 0.05) is 18.0 Å². The van der Waals surface area contributed by atoms with Gasteiger partial charge in [-0.1, -0.05) is 55.3 Å². The van der Waals surface area contributed by atoms with Crippen LogP contribution in [0.4, 0.5) is 5.82 Å². The standard InChI is InChI=1S/C22H28ClN3S/c1-15-6-4-8-18(20(15)23)27-21-17(3)25-19(14-24-21)26-12-10-22(11-13-26)9-5-7-16(22)2/h4,6,8,14,16H,5,7,9-13H2,1-3H3/t16-/m1/s1. The normalized spacial score (nSPS) is 21.8. The van der Waals surface area contributed by atoms with Crippen molar-refractivity contribution in [2.24, 2.45) is 11.3 Å². The van der Waals surface area contributed by atoms with Crippen LogP contribution in [0.25, 0.3) is 0 Å². The second kappa shape index (κ2) is 7.63. The molecule has 0 radical (unpaired) electrons. The summed E-state index contributed by atoms with van der Waals surface area (Å²) in [6.45, 7) is 8.74. The highest BCUT2D eigenvalue weighted by Gasteiger charge is 2.42. The first-order chi connectivity index (χ1) is 13.0. The average Bonchev–Trinajstić information content (AvgIpc) is 3.01. The van der Waals surface area contributed by atoms with Gasteiger partial charge in [0.1, 0.15) is 10.8 Å². The van der Waals surface area contributed by atoms with Crippen molar-refractivity contribution in [3.05, 3.63) is 40.7 Å². The lowest BCUT2D eigenvalue weighted by molar-refractivity contribution is 0.161. The van der Waals surface area contributed by atoms with Crippen LogP contribution in [-0.2, 0) is 0 Å². The van der Waals surface area contributed by atoms with Crippen molar-refractivity contribution in [1.82, 2.24) is 9.97 Å². The molecule has 3 nitrogen and oxygen atoms in total. The van der Waals surface area contributed by atoms with Crippen molar-refractivity contribution in [3.8, 4) is 0 Å². The zero-order valence-corrected chi connectivity index (χ0v) is 18.0. The van der Waals surface area contributed by atoms with Gasteiger partial charge in [-0.2, -0.15) is 0 Å². The molecule has 2 aromatic rings. The maximum atomic E-state index is 6.44. The molecular formula is C22H28ClN3S. The highest BCUT2D eigenvalue weighted by molar-refractivity contribution is 7.99. The molecule has 5 heteroatoms. The van der Waals surface area contributed by atoms with E-state index in [9.17, 15) is 0 Å². The molecule has 1 spiro atoms. The van der Waals surface area contributed by atoms with E-state index in [-0.39, 0.29) is 0 Å². The number of benzene rings is 1. The van der Waals surface area contributed by atoms with Gasteiger partial charge in [-0.25, -0.2) is 9.97 Å². The minimum absolute atomic E-state index is 0.594. The Hall–Kier alpha value is -1.26. The molecule has 2 fully saturated rings. The molecule has 27 heavy (non-hydrogen) atoms. The Bertz CT molecular complexity index is 830. The van der Waals surface area contributed by atoms with E-state index in [2.05, 4.69) is 11.8 Å². The maximum Gasteiger partial charge on any atom is 0.147 e. The third-order valence-corrected chi connectivity index (χ3v) is 8.46. The van der Waals surface area contributed by atoms with Gasteiger partial charge < -0.3 is 4.90 Å². The van der Waals surface area contributed by atoms with Crippen molar-refractivity contribution in [2.75, 3.05) is 18.0 Å². The van der Waals surface area contributed by atoms with E-state index in [0.29, 0.717) is 5.41 Å². The summed E-state index contributed by atoms with van der Waals surface area (Å²) in [5, 5.41) is 1.74. The zero-order valence-electron chi connectivity index (χ0n) is 16.5. The summed E-state index contributed by atoms with van der Waals surface area (Å²) in [6.07, 6.45) is 8.77. The molecule has 2 aliphatic rings. The molecule has 1 aliphatic heterocycles. The quantitative estimate of drug-likeness (QED) is 0.603. The molecule has 1 saturated heterocycles. The fraction of sp³-hybridized carbons (Fsp3) is 0.545. The van der Waals surface area contributed by atoms with E-state index in [0.717, 1.165) is 51.0 Å². The number of halogens is 1. The van der Waals surface area contributed by atoms with Crippen molar-refractivity contribution in [3.63, 3.8) is 0 Å². The van der Waals surface area contributed by atoms with Crippen molar-refractivity contribution in [2.45, 2.75) is 62.8 Å². The SMILES string of the molecule is Cc1cccc(Sc2ncc(N3CCC4(CCC[C@H]4C)CC3)nc2C)c1Cl. The van der Waals surface area contributed by atoms with E-state index in [1.165, 1.54) is 32.1 Å². The van der Waals surface area contributed by atoms with Crippen molar-refractivity contribution in [1.29, 1.82) is 0 Å². The van der Waals surface area contributed by atoms with Crippen LogP contribution in [0.1, 0.15) is 50.3 Å². The van der Waals surface area contributed by atoms with Gasteiger partial charge in [0.2, 0.25) is 0 Å². The predicted molar refractivity (Wildman–Crippen MR) is 114 cm³/mol. The summed E-state index contributed by atoms with van der Waals surface area (Å²) < 4.78 is 0. The van der Waals surface area contributed by atoms with Crippen LogP contribution in [0, 0.1) is 25.2 Å². The van der Waals surface area contributed by atoms with Gasteiger partial charge in [0.15, 0.2) is 0 Å².